The van der Waals surface area contributed by atoms with Crippen molar-refractivity contribution >= 4 is 9.84 Å². The molecule has 1 aromatic rings. The van der Waals surface area contributed by atoms with Gasteiger partial charge in [-0.25, -0.2) is 8.42 Å². The fourth-order valence-electron chi connectivity index (χ4n) is 1.67. The molecule has 0 saturated heterocycles. The normalized spacial score (nSPS) is 15.5. The standard InChI is InChI=1S/C12H19NO3S/c1-3-17(15,16)11(8-14)12(13)10-6-4-9(2)5-7-10/h4-7,11-12,14H,3,8,13H2,1-2H3. The van der Waals surface area contributed by atoms with E-state index in [9.17, 15) is 13.5 Å². The number of nitrogens with two attached hydrogens (primary N) is 1. The highest BCUT2D eigenvalue weighted by Gasteiger charge is 2.30. The largest absolute Gasteiger partial charge is 0.395 e. The molecule has 4 nitrogen and oxygen atoms in total. The molecule has 0 radical (unpaired) electrons. The molecule has 1 aromatic carbocycles. The summed E-state index contributed by atoms with van der Waals surface area (Å²) in [5, 5.41) is 8.28. The molecular formula is C12H19NO3S. The molecule has 2 unspecified atom stereocenters. The summed E-state index contributed by atoms with van der Waals surface area (Å²) < 4.78 is 23.5. The van der Waals surface area contributed by atoms with Crippen molar-refractivity contribution in [1.82, 2.24) is 0 Å². The first-order valence-corrected chi connectivity index (χ1v) is 7.28. The summed E-state index contributed by atoms with van der Waals surface area (Å²) in [5.41, 5.74) is 7.73. The fourth-order valence-corrected chi connectivity index (χ4v) is 2.93. The van der Waals surface area contributed by atoms with Crippen molar-refractivity contribution in [1.29, 1.82) is 0 Å². The van der Waals surface area contributed by atoms with Gasteiger partial charge in [-0.3, -0.25) is 0 Å². The first-order chi connectivity index (χ1) is 7.92. The van der Waals surface area contributed by atoms with Crippen LogP contribution in [0, 0.1) is 6.92 Å². The van der Waals surface area contributed by atoms with E-state index in [2.05, 4.69) is 0 Å². The molecule has 0 amide bonds. The van der Waals surface area contributed by atoms with E-state index in [4.69, 9.17) is 5.73 Å². The lowest BCUT2D eigenvalue weighted by Crippen LogP contribution is -2.37. The van der Waals surface area contributed by atoms with Gasteiger partial charge in [0.05, 0.1) is 6.61 Å². The Morgan fingerprint density at radius 1 is 1.29 bits per heavy atom. The summed E-state index contributed by atoms with van der Waals surface area (Å²) >= 11 is 0. The molecule has 0 spiro atoms. The summed E-state index contributed by atoms with van der Waals surface area (Å²) in [5.74, 6) is -0.0161. The average molecular weight is 257 g/mol. The Labute approximate surface area is 102 Å². The van der Waals surface area contributed by atoms with Crippen LogP contribution in [0.1, 0.15) is 24.1 Å². The van der Waals surface area contributed by atoms with Crippen molar-refractivity contribution in [2.24, 2.45) is 5.73 Å². The van der Waals surface area contributed by atoms with Crippen LogP contribution < -0.4 is 5.73 Å². The molecule has 0 fully saturated rings. The van der Waals surface area contributed by atoms with Crippen molar-refractivity contribution in [3.8, 4) is 0 Å². The Bertz CT molecular complexity index is 453. The molecule has 0 saturated carbocycles. The molecule has 5 heteroatoms. The second kappa shape index (κ2) is 5.62. The van der Waals surface area contributed by atoms with Crippen LogP contribution >= 0.6 is 0 Å². The van der Waals surface area contributed by atoms with Crippen LogP contribution in [0.2, 0.25) is 0 Å². The summed E-state index contributed by atoms with van der Waals surface area (Å²) in [6, 6.07) is 6.66. The van der Waals surface area contributed by atoms with Crippen LogP contribution in [0.5, 0.6) is 0 Å². The van der Waals surface area contributed by atoms with Crippen molar-refractivity contribution in [3.05, 3.63) is 35.4 Å². The smallest absolute Gasteiger partial charge is 0.157 e. The highest BCUT2D eigenvalue weighted by Crippen LogP contribution is 2.20. The molecule has 0 aliphatic heterocycles. The van der Waals surface area contributed by atoms with Crippen molar-refractivity contribution in [3.63, 3.8) is 0 Å². The van der Waals surface area contributed by atoms with Gasteiger partial charge in [-0.2, -0.15) is 0 Å². The number of benzene rings is 1. The van der Waals surface area contributed by atoms with E-state index in [1.54, 1.807) is 19.1 Å². The highest BCUT2D eigenvalue weighted by atomic mass is 32.2. The molecule has 17 heavy (non-hydrogen) atoms. The van der Waals surface area contributed by atoms with Gasteiger partial charge in [0.1, 0.15) is 5.25 Å². The van der Waals surface area contributed by atoms with Gasteiger partial charge in [-0.1, -0.05) is 36.8 Å². The lowest BCUT2D eigenvalue weighted by Gasteiger charge is -2.22. The Hall–Kier alpha value is -0.910. The lowest BCUT2D eigenvalue weighted by atomic mass is 10.0. The van der Waals surface area contributed by atoms with Gasteiger partial charge in [0.25, 0.3) is 0 Å². The number of aliphatic hydroxyl groups excluding tert-OH is 1. The molecule has 0 aromatic heterocycles. The molecule has 0 aliphatic rings. The Morgan fingerprint density at radius 2 is 1.82 bits per heavy atom. The molecule has 0 heterocycles. The SMILES string of the molecule is CCS(=O)(=O)C(CO)C(N)c1ccc(C)cc1. The van der Waals surface area contributed by atoms with Gasteiger partial charge >= 0.3 is 0 Å². The number of sulfone groups is 1. The maximum absolute atomic E-state index is 11.8. The molecule has 1 rings (SSSR count). The quantitative estimate of drug-likeness (QED) is 0.817. The van der Waals surface area contributed by atoms with Crippen molar-refractivity contribution in [2.45, 2.75) is 25.1 Å². The molecular weight excluding hydrogens is 238 g/mol. The third-order valence-corrected chi connectivity index (χ3v) is 5.08. The van der Waals surface area contributed by atoms with Gasteiger partial charge in [0, 0.05) is 11.8 Å². The monoisotopic (exact) mass is 257 g/mol. The van der Waals surface area contributed by atoms with Crippen LogP contribution in [0.15, 0.2) is 24.3 Å². The van der Waals surface area contributed by atoms with Gasteiger partial charge in [-0.15, -0.1) is 0 Å². The maximum Gasteiger partial charge on any atom is 0.157 e. The zero-order valence-electron chi connectivity index (χ0n) is 10.1. The minimum absolute atomic E-state index is 0.0161. The van der Waals surface area contributed by atoms with E-state index in [1.807, 2.05) is 19.1 Å². The predicted molar refractivity (Wildman–Crippen MR) is 68.4 cm³/mol. The molecule has 0 aliphatic carbocycles. The first-order valence-electron chi connectivity index (χ1n) is 5.57. The Morgan fingerprint density at radius 3 is 2.24 bits per heavy atom. The highest BCUT2D eigenvalue weighted by molar-refractivity contribution is 7.92. The van der Waals surface area contributed by atoms with Gasteiger partial charge in [0.2, 0.25) is 0 Å². The van der Waals surface area contributed by atoms with Crippen molar-refractivity contribution in [2.75, 3.05) is 12.4 Å². The molecule has 3 N–H and O–H groups in total. The number of hydrogen-bond donors (Lipinski definition) is 2. The van der Waals surface area contributed by atoms with E-state index in [1.165, 1.54) is 0 Å². The summed E-state index contributed by atoms with van der Waals surface area (Å²) in [7, 11) is -3.34. The Kier molecular flexibility index (Phi) is 4.68. The molecule has 0 bridgehead atoms. The second-order valence-corrected chi connectivity index (χ2v) is 6.62. The number of aryl methyl sites for hydroxylation is 1. The van der Waals surface area contributed by atoms with E-state index < -0.39 is 27.7 Å². The number of hydrogen-bond acceptors (Lipinski definition) is 4. The predicted octanol–water partition coefficient (Wildman–Crippen LogP) is 0.790. The molecule has 96 valence electrons. The zero-order chi connectivity index (χ0) is 13.1. The van der Waals surface area contributed by atoms with Gasteiger partial charge in [0.15, 0.2) is 9.84 Å². The second-order valence-electron chi connectivity index (χ2n) is 4.11. The van der Waals surface area contributed by atoms with Gasteiger partial charge < -0.3 is 10.8 Å². The third-order valence-electron chi connectivity index (χ3n) is 2.91. The minimum atomic E-state index is -3.34. The number of aliphatic hydroxyl groups is 1. The van der Waals surface area contributed by atoms with Gasteiger partial charge in [-0.05, 0) is 12.5 Å². The van der Waals surface area contributed by atoms with Crippen LogP contribution in [-0.4, -0.2) is 31.1 Å². The summed E-state index contributed by atoms with van der Waals surface area (Å²) in [6.07, 6.45) is 0. The summed E-state index contributed by atoms with van der Waals surface area (Å²) in [6.45, 7) is 3.05. The zero-order valence-corrected chi connectivity index (χ0v) is 10.9. The van der Waals surface area contributed by atoms with Crippen LogP contribution in [0.4, 0.5) is 0 Å². The Balaban J connectivity index is 3.02. The topological polar surface area (TPSA) is 80.4 Å². The third kappa shape index (κ3) is 3.28. The van der Waals surface area contributed by atoms with Crippen LogP contribution in [0.3, 0.4) is 0 Å². The molecule has 2 atom stereocenters. The lowest BCUT2D eigenvalue weighted by molar-refractivity contribution is 0.277. The first kappa shape index (κ1) is 14.2. The summed E-state index contributed by atoms with van der Waals surface area (Å²) in [4.78, 5) is 0. The minimum Gasteiger partial charge on any atom is -0.395 e. The van der Waals surface area contributed by atoms with E-state index in [-0.39, 0.29) is 5.75 Å². The fraction of sp³-hybridized carbons (Fsp3) is 0.500. The van der Waals surface area contributed by atoms with E-state index >= 15 is 0 Å². The average Bonchev–Trinajstić information content (AvgIpc) is 2.30. The van der Waals surface area contributed by atoms with Crippen molar-refractivity contribution < 1.29 is 13.5 Å². The van der Waals surface area contributed by atoms with E-state index in [0.29, 0.717) is 0 Å². The maximum atomic E-state index is 11.8. The van der Waals surface area contributed by atoms with Crippen LogP contribution in [0.25, 0.3) is 0 Å². The van der Waals surface area contributed by atoms with E-state index in [0.717, 1.165) is 11.1 Å². The number of rotatable bonds is 5. The van der Waals surface area contributed by atoms with Crippen LogP contribution in [-0.2, 0) is 9.84 Å².